The van der Waals surface area contributed by atoms with Crippen LogP contribution in [-0.2, 0) is 4.79 Å². The van der Waals surface area contributed by atoms with Crippen molar-refractivity contribution in [1.82, 2.24) is 51.1 Å². The third-order valence-corrected chi connectivity index (χ3v) is 5.41. The lowest BCUT2D eigenvalue weighted by Gasteiger charge is -2.17. The van der Waals surface area contributed by atoms with Gasteiger partial charge in [-0.2, -0.15) is 9.73 Å². The summed E-state index contributed by atoms with van der Waals surface area (Å²) in [4.78, 5) is 26.8. The number of tetrazole rings is 1. The summed E-state index contributed by atoms with van der Waals surface area (Å²) in [7, 11) is 0. The maximum atomic E-state index is 12.3. The largest absolute Gasteiger partial charge is 0.353 e. The first-order valence-corrected chi connectivity index (χ1v) is 10.5. The predicted octanol–water partition coefficient (Wildman–Crippen LogP) is -0.181. The number of carbonyl (C=O) groups is 2. The molecule has 0 spiro atoms. The number of nitrogens with zero attached hydrogens (tertiary/aromatic N) is 8. The third-order valence-electron chi connectivity index (χ3n) is 5.41. The van der Waals surface area contributed by atoms with E-state index in [-0.39, 0.29) is 30.8 Å². The fraction of sp³-hybridized carbons (Fsp3) is 0.300. The number of fused-ring (bicyclic) bond motifs is 1. The number of aromatic nitrogens is 8. The van der Waals surface area contributed by atoms with Gasteiger partial charge >= 0.3 is 0 Å². The second-order valence-corrected chi connectivity index (χ2v) is 7.64. The molecule has 3 aromatic heterocycles. The van der Waals surface area contributed by atoms with Crippen LogP contribution in [-0.4, -0.2) is 77.9 Å². The molecule has 168 valence electrons. The number of rotatable bonds is 7. The van der Waals surface area contributed by atoms with Crippen LogP contribution < -0.4 is 15.5 Å². The summed E-state index contributed by atoms with van der Waals surface area (Å²) in [6, 6.07) is 10.6. The van der Waals surface area contributed by atoms with Crippen molar-refractivity contribution in [2.24, 2.45) is 0 Å². The highest BCUT2D eigenvalue weighted by atomic mass is 16.2. The summed E-state index contributed by atoms with van der Waals surface area (Å²) >= 11 is 0. The van der Waals surface area contributed by atoms with Gasteiger partial charge in [-0.1, -0.05) is 12.1 Å². The molecule has 4 heterocycles. The van der Waals surface area contributed by atoms with Crippen LogP contribution in [0.4, 0.5) is 5.82 Å². The van der Waals surface area contributed by atoms with Crippen molar-refractivity contribution in [2.75, 3.05) is 24.5 Å². The minimum atomic E-state index is -0.245. The molecule has 1 unspecified atom stereocenters. The van der Waals surface area contributed by atoms with Crippen LogP contribution >= 0.6 is 0 Å². The summed E-state index contributed by atoms with van der Waals surface area (Å²) in [5, 5.41) is 31.8. The normalized spacial score (nSPS) is 15.6. The molecule has 3 N–H and O–H groups in total. The van der Waals surface area contributed by atoms with Gasteiger partial charge in [-0.25, -0.2) is 0 Å². The lowest BCUT2D eigenvalue weighted by molar-refractivity contribution is -0.121. The number of anilines is 1. The van der Waals surface area contributed by atoms with Gasteiger partial charge in [-0.3, -0.25) is 9.59 Å². The van der Waals surface area contributed by atoms with Crippen LogP contribution in [0.15, 0.2) is 42.7 Å². The Labute approximate surface area is 187 Å². The van der Waals surface area contributed by atoms with E-state index in [1.54, 1.807) is 35.1 Å². The number of hydrogen-bond donors (Lipinski definition) is 3. The molecule has 13 nitrogen and oxygen atoms in total. The van der Waals surface area contributed by atoms with Gasteiger partial charge in [0, 0.05) is 43.2 Å². The average Bonchev–Trinajstić information content (AvgIpc) is 3.60. The van der Waals surface area contributed by atoms with Gasteiger partial charge in [0.05, 0.1) is 0 Å². The molecule has 1 saturated heterocycles. The number of nitrogens with one attached hydrogen (secondary N) is 3. The zero-order valence-electron chi connectivity index (χ0n) is 17.5. The van der Waals surface area contributed by atoms with E-state index >= 15 is 0 Å². The fourth-order valence-electron chi connectivity index (χ4n) is 3.72. The minimum absolute atomic E-state index is 0.0318. The first-order valence-electron chi connectivity index (χ1n) is 10.5. The van der Waals surface area contributed by atoms with Crippen molar-refractivity contribution in [2.45, 2.75) is 18.9 Å². The highest BCUT2D eigenvalue weighted by Crippen LogP contribution is 2.18. The van der Waals surface area contributed by atoms with Crippen molar-refractivity contribution in [3.63, 3.8) is 0 Å². The van der Waals surface area contributed by atoms with Crippen LogP contribution in [0.3, 0.4) is 0 Å². The molecule has 1 aromatic carbocycles. The Bertz CT molecular complexity index is 1250. The molecule has 5 rings (SSSR count). The molecule has 1 aliphatic rings. The van der Waals surface area contributed by atoms with Gasteiger partial charge in [-0.05, 0) is 35.9 Å². The summed E-state index contributed by atoms with van der Waals surface area (Å²) in [6.07, 6.45) is 2.59. The molecule has 0 aliphatic carbocycles. The van der Waals surface area contributed by atoms with Gasteiger partial charge in [0.25, 0.3) is 5.91 Å². The number of aromatic amines is 1. The topological polar surface area (TPSA) is 159 Å². The summed E-state index contributed by atoms with van der Waals surface area (Å²) in [6.45, 7) is 1.72. The molecule has 1 atom stereocenters. The van der Waals surface area contributed by atoms with Gasteiger partial charge < -0.3 is 15.5 Å². The van der Waals surface area contributed by atoms with E-state index in [0.29, 0.717) is 23.6 Å². The molecule has 13 heteroatoms. The molecule has 4 aromatic rings. The molecule has 1 fully saturated rings. The quantitative estimate of drug-likeness (QED) is 0.349. The lowest BCUT2D eigenvalue weighted by Crippen LogP contribution is -2.39. The minimum Gasteiger partial charge on any atom is -0.353 e. The highest BCUT2D eigenvalue weighted by Gasteiger charge is 2.25. The number of hydrogen-bond acceptors (Lipinski definition) is 9. The van der Waals surface area contributed by atoms with Gasteiger partial charge in [0.1, 0.15) is 12.1 Å². The standard InChI is InChI=1S/C20H21N11O2/c32-18(7-9-21-20(33)14-3-1-13(2-4-14)19-25-28-29-26-19)23-15-8-10-30(11-15)17-6-5-16-24-22-12-31(16)27-17/h1-6,12,15H,7-11H2,(H,21,33)(H,23,32)(H,25,26,28,29). The Morgan fingerprint density at radius 1 is 1.12 bits per heavy atom. The van der Waals surface area contributed by atoms with Crippen LogP contribution in [0.2, 0.25) is 0 Å². The zero-order valence-corrected chi connectivity index (χ0v) is 17.5. The number of amides is 2. The van der Waals surface area contributed by atoms with E-state index in [0.717, 1.165) is 24.3 Å². The Morgan fingerprint density at radius 2 is 2.00 bits per heavy atom. The van der Waals surface area contributed by atoms with Crippen molar-refractivity contribution >= 4 is 23.3 Å². The van der Waals surface area contributed by atoms with Crippen molar-refractivity contribution in [1.29, 1.82) is 0 Å². The van der Waals surface area contributed by atoms with E-state index in [9.17, 15) is 9.59 Å². The Morgan fingerprint density at radius 3 is 2.82 bits per heavy atom. The van der Waals surface area contributed by atoms with Crippen molar-refractivity contribution < 1.29 is 9.59 Å². The maximum Gasteiger partial charge on any atom is 0.251 e. The summed E-state index contributed by atoms with van der Waals surface area (Å²) in [5.41, 5.74) is 1.93. The second-order valence-electron chi connectivity index (χ2n) is 7.64. The molecule has 2 amide bonds. The number of H-pyrrole nitrogens is 1. The predicted molar refractivity (Wildman–Crippen MR) is 116 cm³/mol. The van der Waals surface area contributed by atoms with Crippen molar-refractivity contribution in [3.8, 4) is 11.4 Å². The van der Waals surface area contributed by atoms with Gasteiger partial charge in [0.2, 0.25) is 11.7 Å². The van der Waals surface area contributed by atoms with E-state index in [1.165, 1.54) is 0 Å². The van der Waals surface area contributed by atoms with E-state index in [2.05, 4.69) is 51.5 Å². The third kappa shape index (κ3) is 4.61. The molecular weight excluding hydrogens is 426 g/mol. The molecule has 0 saturated carbocycles. The number of benzene rings is 1. The van der Waals surface area contributed by atoms with Gasteiger partial charge in [0.15, 0.2) is 5.65 Å². The molecule has 33 heavy (non-hydrogen) atoms. The first-order chi connectivity index (χ1) is 16.2. The second kappa shape index (κ2) is 8.98. The number of carbonyl (C=O) groups excluding carboxylic acids is 2. The van der Waals surface area contributed by atoms with Crippen LogP contribution in [0, 0.1) is 0 Å². The van der Waals surface area contributed by atoms with Crippen LogP contribution in [0.5, 0.6) is 0 Å². The van der Waals surface area contributed by atoms with Crippen molar-refractivity contribution in [3.05, 3.63) is 48.3 Å². The molecular formula is C20H21N11O2. The monoisotopic (exact) mass is 447 g/mol. The first kappa shape index (κ1) is 20.5. The average molecular weight is 447 g/mol. The zero-order chi connectivity index (χ0) is 22.6. The maximum absolute atomic E-state index is 12.3. The smallest absolute Gasteiger partial charge is 0.251 e. The lowest BCUT2D eigenvalue weighted by atomic mass is 10.1. The Hall–Kier alpha value is -4.42. The summed E-state index contributed by atoms with van der Waals surface area (Å²) < 4.78 is 1.63. The van der Waals surface area contributed by atoms with E-state index in [4.69, 9.17) is 0 Å². The Kier molecular flexibility index (Phi) is 5.57. The van der Waals surface area contributed by atoms with E-state index in [1.807, 2.05) is 12.1 Å². The fourth-order valence-corrected chi connectivity index (χ4v) is 3.72. The SMILES string of the molecule is O=C(CCNC(=O)c1ccc(-c2nn[nH]n2)cc1)NC1CCN(c2ccc3nncn3n2)C1. The van der Waals surface area contributed by atoms with E-state index < -0.39 is 0 Å². The summed E-state index contributed by atoms with van der Waals surface area (Å²) in [5.74, 6) is 0.928. The van der Waals surface area contributed by atoms with Crippen LogP contribution in [0.25, 0.3) is 17.0 Å². The molecule has 0 bridgehead atoms. The van der Waals surface area contributed by atoms with Crippen LogP contribution in [0.1, 0.15) is 23.2 Å². The van der Waals surface area contributed by atoms with Gasteiger partial charge in [-0.15, -0.1) is 25.5 Å². The Balaban J connectivity index is 1.06. The highest BCUT2D eigenvalue weighted by molar-refractivity contribution is 5.94. The molecule has 1 aliphatic heterocycles. The molecule has 0 radical (unpaired) electrons.